The average Bonchev–Trinajstić information content (AvgIpc) is 2.87. The van der Waals surface area contributed by atoms with Crippen LogP contribution in [0.25, 0.3) is 11.1 Å². The van der Waals surface area contributed by atoms with E-state index in [0.717, 1.165) is 11.8 Å². The Morgan fingerprint density at radius 2 is 1.32 bits per heavy atom. The Hall–Kier alpha value is -0.120. The Morgan fingerprint density at radius 1 is 0.773 bits per heavy atom. The zero-order valence-electron chi connectivity index (χ0n) is 12.4. The van der Waals surface area contributed by atoms with E-state index >= 15 is 0 Å². The summed E-state index contributed by atoms with van der Waals surface area (Å²) in [6.45, 7) is 0. The van der Waals surface area contributed by atoms with Crippen molar-refractivity contribution in [1.29, 1.82) is 0 Å². The summed E-state index contributed by atoms with van der Waals surface area (Å²) in [6.07, 6.45) is 4.85. The third kappa shape index (κ3) is 3.22. The number of hydrogen-bond donors (Lipinski definition) is 0. The Balaban J connectivity index is 1.92. The maximum absolute atomic E-state index is 4.01. The monoisotopic (exact) mass is 484 g/mol. The van der Waals surface area contributed by atoms with Crippen molar-refractivity contribution in [2.75, 3.05) is 5.33 Å². The molecule has 1 aliphatic rings. The maximum Gasteiger partial charge on any atom is 0.0914 e. The van der Waals surface area contributed by atoms with Crippen LogP contribution in [0.15, 0.2) is 48.5 Å². The van der Waals surface area contributed by atoms with Gasteiger partial charge in [0.25, 0.3) is 0 Å². The summed E-state index contributed by atoms with van der Waals surface area (Å²) in [7, 11) is 0. The highest BCUT2D eigenvalue weighted by Crippen LogP contribution is 2.56. The third-order valence-electron chi connectivity index (χ3n) is 4.40. The first-order valence-corrected chi connectivity index (χ1v) is 10.5. The van der Waals surface area contributed by atoms with Gasteiger partial charge in [-0.25, -0.2) is 0 Å². The molecule has 0 aromatic heterocycles. The minimum absolute atomic E-state index is 0.0744. The maximum atomic E-state index is 4.01. The van der Waals surface area contributed by atoms with Crippen LogP contribution in [-0.4, -0.2) is 8.56 Å². The molecular weight excluding hydrogens is 468 g/mol. The van der Waals surface area contributed by atoms with E-state index in [2.05, 4.69) is 96.3 Å². The van der Waals surface area contributed by atoms with Crippen molar-refractivity contribution in [3.63, 3.8) is 0 Å². The number of rotatable bonds is 6. The summed E-state index contributed by atoms with van der Waals surface area (Å²) in [4.78, 5) is 0. The highest BCUT2D eigenvalue weighted by atomic mass is 79.9. The van der Waals surface area contributed by atoms with Gasteiger partial charge in [0.15, 0.2) is 0 Å². The molecule has 0 spiro atoms. The van der Waals surface area contributed by atoms with Gasteiger partial charge in [-0.1, -0.05) is 109 Å². The molecular formula is C19H19Br3. The van der Waals surface area contributed by atoms with Crippen LogP contribution in [-0.2, 0) is 0 Å². The van der Waals surface area contributed by atoms with E-state index in [1.807, 2.05) is 0 Å². The first-order chi connectivity index (χ1) is 10.6. The van der Waals surface area contributed by atoms with Gasteiger partial charge in [-0.15, -0.1) is 0 Å². The number of alkyl halides is 3. The van der Waals surface area contributed by atoms with E-state index in [4.69, 9.17) is 0 Å². The lowest BCUT2D eigenvalue weighted by Gasteiger charge is -2.29. The molecule has 3 rings (SSSR count). The van der Waals surface area contributed by atoms with Crippen molar-refractivity contribution in [2.45, 2.75) is 34.8 Å². The fourth-order valence-electron chi connectivity index (χ4n) is 3.39. The fourth-order valence-corrected chi connectivity index (χ4v) is 5.33. The molecule has 1 aliphatic carbocycles. The molecule has 0 nitrogen and oxygen atoms in total. The highest BCUT2D eigenvalue weighted by Gasteiger charge is 2.41. The van der Waals surface area contributed by atoms with Gasteiger partial charge < -0.3 is 0 Å². The highest BCUT2D eigenvalue weighted by molar-refractivity contribution is 9.25. The van der Waals surface area contributed by atoms with Crippen LogP contribution >= 0.6 is 47.8 Å². The van der Waals surface area contributed by atoms with Crippen LogP contribution < -0.4 is 0 Å². The largest absolute Gasteiger partial charge is 0.0928 e. The topological polar surface area (TPSA) is 0 Å². The predicted octanol–water partition coefficient (Wildman–Crippen LogP) is 7.24. The molecule has 116 valence electrons. The second-order valence-electron chi connectivity index (χ2n) is 5.87. The van der Waals surface area contributed by atoms with Gasteiger partial charge >= 0.3 is 0 Å². The molecule has 0 unspecified atom stereocenters. The molecule has 0 saturated heterocycles. The number of benzene rings is 2. The Morgan fingerprint density at radius 3 is 1.86 bits per heavy atom. The third-order valence-corrected chi connectivity index (χ3v) is 6.67. The lowest BCUT2D eigenvalue weighted by Crippen LogP contribution is -2.22. The Bertz CT molecular complexity index is 603. The molecule has 0 atom stereocenters. The number of fused-ring (bicyclic) bond motifs is 3. The van der Waals surface area contributed by atoms with Crippen molar-refractivity contribution in [3.05, 3.63) is 59.7 Å². The summed E-state index contributed by atoms with van der Waals surface area (Å²) in [5.74, 6) is 0.365. The van der Waals surface area contributed by atoms with Gasteiger partial charge in [0.05, 0.1) is 3.23 Å². The fraction of sp³-hybridized carbons (Fsp3) is 0.368. The smallest absolute Gasteiger partial charge is 0.0914 e. The standard InChI is InChI=1S/C19H19Br3/c20-13-7-1-6-12-19(21,22)18-16-10-4-2-8-14(16)15-9-3-5-11-17(15)18/h2-5,8-11,18H,1,6-7,12-13H2. The zero-order chi connectivity index (χ0) is 15.6. The molecule has 22 heavy (non-hydrogen) atoms. The first-order valence-electron chi connectivity index (χ1n) is 7.77. The lowest BCUT2D eigenvalue weighted by atomic mass is 9.91. The molecule has 0 fully saturated rings. The van der Waals surface area contributed by atoms with Gasteiger partial charge in [-0.05, 0) is 35.1 Å². The van der Waals surface area contributed by atoms with E-state index in [1.54, 1.807) is 0 Å². The van der Waals surface area contributed by atoms with E-state index in [-0.39, 0.29) is 3.23 Å². The predicted molar refractivity (Wildman–Crippen MR) is 107 cm³/mol. The second kappa shape index (κ2) is 7.19. The second-order valence-corrected chi connectivity index (χ2v) is 10.6. The molecule has 0 heterocycles. The molecule has 0 amide bonds. The molecule has 3 heteroatoms. The van der Waals surface area contributed by atoms with Gasteiger partial charge in [-0.2, -0.15) is 0 Å². The summed E-state index contributed by atoms with van der Waals surface area (Å²) >= 11 is 11.5. The summed E-state index contributed by atoms with van der Waals surface area (Å²) in [6, 6.07) is 17.6. The number of unbranched alkanes of at least 4 members (excludes halogenated alkanes) is 2. The molecule has 2 aromatic rings. The average molecular weight is 487 g/mol. The van der Waals surface area contributed by atoms with Crippen LogP contribution in [0.4, 0.5) is 0 Å². The van der Waals surface area contributed by atoms with Crippen molar-refractivity contribution in [3.8, 4) is 11.1 Å². The van der Waals surface area contributed by atoms with E-state index in [1.165, 1.54) is 41.5 Å². The van der Waals surface area contributed by atoms with Crippen molar-refractivity contribution >= 4 is 47.8 Å². The Kier molecular flexibility index (Phi) is 5.47. The van der Waals surface area contributed by atoms with Gasteiger partial charge in [0.2, 0.25) is 0 Å². The first kappa shape index (κ1) is 16.7. The van der Waals surface area contributed by atoms with Gasteiger partial charge in [0, 0.05) is 11.2 Å². The van der Waals surface area contributed by atoms with E-state index in [0.29, 0.717) is 5.92 Å². The molecule has 0 bridgehead atoms. The van der Waals surface area contributed by atoms with Crippen LogP contribution in [0.2, 0.25) is 0 Å². The normalized spacial score (nSPS) is 14.0. The zero-order valence-corrected chi connectivity index (χ0v) is 17.1. The molecule has 2 aromatic carbocycles. The van der Waals surface area contributed by atoms with E-state index in [9.17, 15) is 0 Å². The minimum atomic E-state index is -0.0744. The molecule has 0 radical (unpaired) electrons. The minimum Gasteiger partial charge on any atom is -0.0928 e. The van der Waals surface area contributed by atoms with Crippen LogP contribution in [0.1, 0.15) is 42.7 Å². The van der Waals surface area contributed by atoms with Crippen molar-refractivity contribution in [2.24, 2.45) is 0 Å². The number of hydrogen-bond acceptors (Lipinski definition) is 0. The summed E-state index contributed by atoms with van der Waals surface area (Å²) in [5.41, 5.74) is 5.62. The van der Waals surface area contributed by atoms with Crippen LogP contribution in [0, 0.1) is 0 Å². The molecule has 0 saturated carbocycles. The summed E-state index contributed by atoms with van der Waals surface area (Å²) in [5, 5.41) is 1.10. The Labute approximate surface area is 158 Å². The number of halogens is 3. The van der Waals surface area contributed by atoms with Gasteiger partial charge in [0.1, 0.15) is 0 Å². The SMILES string of the molecule is BrCCCCCC(Br)(Br)C1c2ccccc2-c2ccccc21. The lowest BCUT2D eigenvalue weighted by molar-refractivity contribution is 0.601. The molecule has 0 N–H and O–H groups in total. The van der Waals surface area contributed by atoms with Crippen LogP contribution in [0.3, 0.4) is 0 Å². The molecule has 0 aliphatic heterocycles. The van der Waals surface area contributed by atoms with E-state index < -0.39 is 0 Å². The van der Waals surface area contributed by atoms with Crippen molar-refractivity contribution in [1.82, 2.24) is 0 Å². The van der Waals surface area contributed by atoms with Gasteiger partial charge in [-0.3, -0.25) is 0 Å². The van der Waals surface area contributed by atoms with Crippen LogP contribution in [0.5, 0.6) is 0 Å². The van der Waals surface area contributed by atoms with Crippen molar-refractivity contribution < 1.29 is 0 Å². The summed E-state index contributed by atoms with van der Waals surface area (Å²) < 4.78 is -0.0744. The quantitative estimate of drug-likeness (QED) is 0.298.